The Labute approximate surface area is 136 Å². The average molecular weight is 314 g/mol. The Kier molecular flexibility index (Phi) is 4.98. The van der Waals surface area contributed by atoms with E-state index in [-0.39, 0.29) is 5.57 Å². The molecule has 1 aliphatic rings. The van der Waals surface area contributed by atoms with Crippen LogP contribution in [0.1, 0.15) is 31.4 Å². The van der Waals surface area contributed by atoms with Crippen molar-refractivity contribution < 1.29 is 14.4 Å². The van der Waals surface area contributed by atoms with Crippen LogP contribution in [-0.2, 0) is 16.0 Å². The minimum absolute atomic E-state index is 0.0200. The van der Waals surface area contributed by atoms with Gasteiger partial charge in [0.25, 0.3) is 11.8 Å². The fourth-order valence-corrected chi connectivity index (χ4v) is 2.48. The van der Waals surface area contributed by atoms with E-state index in [1.165, 1.54) is 14.1 Å². The second-order valence-electron chi connectivity index (χ2n) is 6.20. The Balaban J connectivity index is 2.39. The summed E-state index contributed by atoms with van der Waals surface area (Å²) in [6.07, 6.45) is 3.50. The number of carbonyl (C=O) groups excluding carboxylic acids is 3. The van der Waals surface area contributed by atoms with Gasteiger partial charge < -0.3 is 0 Å². The number of aryl methyl sites for hydroxylation is 1. The second kappa shape index (κ2) is 6.77. The number of carbonyl (C=O) groups is 3. The lowest BCUT2D eigenvalue weighted by atomic mass is 9.96. The molecule has 0 radical (unpaired) electrons. The number of rotatable bonds is 4. The molecule has 0 spiro atoms. The molecule has 0 saturated carbocycles. The quantitative estimate of drug-likeness (QED) is 0.634. The number of hydrogen-bond donors (Lipinski definition) is 0. The van der Waals surface area contributed by atoms with Crippen molar-refractivity contribution in [2.75, 3.05) is 14.1 Å². The Bertz CT molecular complexity index is 651. The first-order valence-corrected chi connectivity index (χ1v) is 7.72. The van der Waals surface area contributed by atoms with Crippen LogP contribution in [0.25, 0.3) is 6.08 Å². The Morgan fingerprint density at radius 2 is 1.57 bits per heavy atom. The Hall–Kier alpha value is -2.43. The molecule has 1 fully saturated rings. The van der Waals surface area contributed by atoms with E-state index in [1.54, 1.807) is 6.08 Å². The van der Waals surface area contributed by atoms with E-state index in [4.69, 9.17) is 0 Å². The highest BCUT2D eigenvalue weighted by Crippen LogP contribution is 2.21. The summed E-state index contributed by atoms with van der Waals surface area (Å²) in [6, 6.07) is 7.11. The first-order valence-electron chi connectivity index (χ1n) is 7.72. The van der Waals surface area contributed by atoms with Crippen LogP contribution >= 0.6 is 0 Å². The number of urea groups is 1. The maximum atomic E-state index is 12.3. The maximum Gasteiger partial charge on any atom is 0.333 e. The van der Waals surface area contributed by atoms with Crippen molar-refractivity contribution in [1.29, 1.82) is 0 Å². The number of amides is 4. The SMILES string of the molecule is CC(C)CCc1ccccc1C=C1C(=O)N(C)C(=O)N(C)C1=O. The third kappa shape index (κ3) is 3.50. The molecule has 23 heavy (non-hydrogen) atoms. The molecule has 2 rings (SSSR count). The van der Waals surface area contributed by atoms with Gasteiger partial charge in [-0.1, -0.05) is 38.1 Å². The van der Waals surface area contributed by atoms with Crippen molar-refractivity contribution in [2.24, 2.45) is 5.92 Å². The van der Waals surface area contributed by atoms with E-state index in [0.717, 1.165) is 33.8 Å². The summed E-state index contributed by atoms with van der Waals surface area (Å²) in [4.78, 5) is 38.2. The summed E-state index contributed by atoms with van der Waals surface area (Å²) in [7, 11) is 2.76. The zero-order chi connectivity index (χ0) is 17.1. The van der Waals surface area contributed by atoms with Crippen LogP contribution in [0.2, 0.25) is 0 Å². The van der Waals surface area contributed by atoms with Crippen molar-refractivity contribution >= 4 is 23.9 Å². The van der Waals surface area contributed by atoms with E-state index < -0.39 is 17.8 Å². The van der Waals surface area contributed by atoms with Crippen molar-refractivity contribution in [3.05, 3.63) is 41.0 Å². The minimum Gasteiger partial charge on any atom is -0.268 e. The standard InChI is InChI=1S/C18H22N2O3/c1-12(2)9-10-13-7-5-6-8-14(13)11-15-16(21)19(3)18(23)20(4)17(15)22/h5-8,11-12H,9-10H2,1-4H3. The van der Waals surface area contributed by atoms with Gasteiger partial charge in [-0.15, -0.1) is 0 Å². The van der Waals surface area contributed by atoms with Crippen LogP contribution in [0.3, 0.4) is 0 Å². The molecule has 122 valence electrons. The lowest BCUT2D eigenvalue weighted by Gasteiger charge is -2.29. The average Bonchev–Trinajstić information content (AvgIpc) is 2.54. The predicted molar refractivity (Wildman–Crippen MR) is 88.5 cm³/mol. The monoisotopic (exact) mass is 314 g/mol. The summed E-state index contributed by atoms with van der Waals surface area (Å²) < 4.78 is 0. The zero-order valence-electron chi connectivity index (χ0n) is 14.0. The van der Waals surface area contributed by atoms with Crippen molar-refractivity contribution in [1.82, 2.24) is 9.80 Å². The maximum absolute atomic E-state index is 12.3. The molecule has 5 heteroatoms. The van der Waals surface area contributed by atoms with Crippen molar-refractivity contribution in [2.45, 2.75) is 26.7 Å². The fourth-order valence-electron chi connectivity index (χ4n) is 2.48. The van der Waals surface area contributed by atoms with Crippen molar-refractivity contribution in [3.63, 3.8) is 0 Å². The lowest BCUT2D eigenvalue weighted by molar-refractivity contribution is -0.134. The molecule has 0 unspecified atom stereocenters. The first-order chi connectivity index (χ1) is 10.8. The number of benzene rings is 1. The Morgan fingerprint density at radius 3 is 2.13 bits per heavy atom. The third-order valence-electron chi connectivity index (χ3n) is 3.99. The van der Waals surface area contributed by atoms with Crippen LogP contribution < -0.4 is 0 Å². The normalized spacial score (nSPS) is 15.7. The van der Waals surface area contributed by atoms with Crippen molar-refractivity contribution in [3.8, 4) is 0 Å². The minimum atomic E-state index is -0.606. The van der Waals surface area contributed by atoms with Crippen LogP contribution in [-0.4, -0.2) is 41.7 Å². The van der Waals surface area contributed by atoms with Crippen LogP contribution in [0, 0.1) is 5.92 Å². The Morgan fingerprint density at radius 1 is 1.00 bits per heavy atom. The lowest BCUT2D eigenvalue weighted by Crippen LogP contribution is -2.52. The highest BCUT2D eigenvalue weighted by atomic mass is 16.2. The predicted octanol–water partition coefficient (Wildman–Crippen LogP) is 2.71. The number of barbiturate groups is 1. The van der Waals surface area contributed by atoms with E-state index >= 15 is 0 Å². The molecular formula is C18H22N2O3. The number of hydrogen-bond acceptors (Lipinski definition) is 3. The highest BCUT2D eigenvalue weighted by Gasteiger charge is 2.37. The summed E-state index contributed by atoms with van der Waals surface area (Å²) in [5, 5.41) is 0. The van der Waals surface area contributed by atoms with Gasteiger partial charge in [0.15, 0.2) is 0 Å². The van der Waals surface area contributed by atoms with E-state index in [0.29, 0.717) is 5.92 Å². The summed E-state index contributed by atoms with van der Waals surface area (Å²) in [5.74, 6) is -0.544. The number of imide groups is 2. The molecular weight excluding hydrogens is 292 g/mol. The van der Waals surface area contributed by atoms with Gasteiger partial charge in [0.2, 0.25) is 0 Å². The zero-order valence-corrected chi connectivity index (χ0v) is 14.0. The van der Waals surface area contributed by atoms with Gasteiger partial charge in [0.05, 0.1) is 0 Å². The van der Waals surface area contributed by atoms with Gasteiger partial charge in [0, 0.05) is 14.1 Å². The molecule has 0 bridgehead atoms. The van der Waals surface area contributed by atoms with Crippen LogP contribution in [0.5, 0.6) is 0 Å². The van der Waals surface area contributed by atoms with Crippen LogP contribution in [0.15, 0.2) is 29.8 Å². The molecule has 1 aromatic rings. The van der Waals surface area contributed by atoms with Gasteiger partial charge in [-0.3, -0.25) is 19.4 Å². The summed E-state index contributed by atoms with van der Waals surface area (Å²) in [5.41, 5.74) is 1.96. The van der Waals surface area contributed by atoms with Gasteiger partial charge in [0.1, 0.15) is 5.57 Å². The van der Waals surface area contributed by atoms with E-state index in [1.807, 2.05) is 24.3 Å². The molecule has 1 saturated heterocycles. The fraction of sp³-hybridized carbons (Fsp3) is 0.389. The largest absolute Gasteiger partial charge is 0.333 e. The molecule has 4 amide bonds. The summed E-state index contributed by atoms with van der Waals surface area (Å²) >= 11 is 0. The van der Waals surface area contributed by atoms with Gasteiger partial charge in [-0.25, -0.2) is 4.79 Å². The molecule has 0 N–H and O–H groups in total. The smallest absolute Gasteiger partial charge is 0.268 e. The summed E-state index contributed by atoms with van der Waals surface area (Å²) in [6.45, 7) is 4.32. The topological polar surface area (TPSA) is 57.7 Å². The van der Waals surface area contributed by atoms with Gasteiger partial charge >= 0.3 is 6.03 Å². The molecule has 5 nitrogen and oxygen atoms in total. The highest BCUT2D eigenvalue weighted by molar-refractivity contribution is 6.30. The first kappa shape index (κ1) is 16.9. The van der Waals surface area contributed by atoms with E-state index in [9.17, 15) is 14.4 Å². The molecule has 1 aliphatic heterocycles. The van der Waals surface area contributed by atoms with Gasteiger partial charge in [-0.2, -0.15) is 0 Å². The third-order valence-corrected chi connectivity index (χ3v) is 3.99. The molecule has 0 aromatic heterocycles. The number of likely N-dealkylation sites (N-methyl/N-ethyl adjacent to an activating group) is 2. The molecule has 1 aromatic carbocycles. The van der Waals surface area contributed by atoms with Gasteiger partial charge in [-0.05, 0) is 36.0 Å². The van der Waals surface area contributed by atoms with E-state index in [2.05, 4.69) is 13.8 Å². The molecule has 0 aliphatic carbocycles. The molecule has 0 atom stereocenters. The molecule has 1 heterocycles. The number of nitrogens with zero attached hydrogens (tertiary/aromatic N) is 2. The van der Waals surface area contributed by atoms with Crippen LogP contribution in [0.4, 0.5) is 4.79 Å². The second-order valence-corrected chi connectivity index (χ2v) is 6.20.